The number of carbonyl (C=O) groups excluding carboxylic acids is 3. The number of likely N-dealkylation sites (tertiary alicyclic amines) is 1. The Morgan fingerprint density at radius 3 is 2.28 bits per heavy atom. The maximum atomic E-state index is 12.9. The third-order valence-electron chi connectivity index (χ3n) is 5.23. The Morgan fingerprint density at radius 2 is 1.68 bits per heavy atom. The topological polar surface area (TPSA) is 60.9 Å². The minimum atomic E-state index is -0.375. The van der Waals surface area contributed by atoms with Crippen LogP contribution in [0.5, 0.6) is 0 Å². The molecule has 25 heavy (non-hydrogen) atoms. The summed E-state index contributed by atoms with van der Waals surface area (Å²) in [6, 6.07) is 9.19. The maximum absolute atomic E-state index is 12.9. The van der Waals surface area contributed by atoms with E-state index in [-0.39, 0.29) is 23.1 Å². The van der Waals surface area contributed by atoms with Crippen molar-refractivity contribution in [2.75, 3.05) is 39.3 Å². The normalized spacial score (nSPS) is 23.9. The first-order valence-corrected chi connectivity index (χ1v) is 8.82. The van der Waals surface area contributed by atoms with Crippen molar-refractivity contribution in [2.24, 2.45) is 5.41 Å². The summed E-state index contributed by atoms with van der Waals surface area (Å²) in [7, 11) is 0. The highest BCUT2D eigenvalue weighted by Crippen LogP contribution is 2.35. The van der Waals surface area contributed by atoms with Gasteiger partial charge in [0.2, 0.25) is 11.8 Å². The Bertz CT molecular complexity index is 676. The summed E-state index contributed by atoms with van der Waals surface area (Å²) in [5, 5.41) is 0. The summed E-state index contributed by atoms with van der Waals surface area (Å²) in [5.74, 6) is 0.0727. The monoisotopic (exact) mass is 343 g/mol. The molecule has 0 N–H and O–H groups in total. The molecular formula is C19H25N3O3. The maximum Gasteiger partial charge on any atom is 0.253 e. The number of hydrogen-bond acceptors (Lipinski definition) is 3. The van der Waals surface area contributed by atoms with Crippen LogP contribution in [0.2, 0.25) is 0 Å². The van der Waals surface area contributed by atoms with Crippen molar-refractivity contribution in [3.63, 3.8) is 0 Å². The molecule has 1 unspecified atom stereocenters. The average Bonchev–Trinajstić information content (AvgIpc) is 2.80. The Labute approximate surface area is 148 Å². The molecule has 6 heteroatoms. The molecule has 0 aromatic heterocycles. The van der Waals surface area contributed by atoms with Gasteiger partial charge >= 0.3 is 0 Å². The van der Waals surface area contributed by atoms with E-state index in [0.717, 1.165) is 0 Å². The van der Waals surface area contributed by atoms with Crippen LogP contribution < -0.4 is 0 Å². The van der Waals surface area contributed by atoms with E-state index in [4.69, 9.17) is 0 Å². The van der Waals surface area contributed by atoms with Crippen molar-refractivity contribution in [2.45, 2.75) is 20.3 Å². The Morgan fingerprint density at radius 1 is 1.04 bits per heavy atom. The molecule has 6 nitrogen and oxygen atoms in total. The van der Waals surface area contributed by atoms with Crippen molar-refractivity contribution in [1.82, 2.24) is 14.7 Å². The van der Waals surface area contributed by atoms with Gasteiger partial charge in [0.15, 0.2) is 0 Å². The molecule has 2 fully saturated rings. The van der Waals surface area contributed by atoms with Gasteiger partial charge in [-0.2, -0.15) is 0 Å². The zero-order valence-corrected chi connectivity index (χ0v) is 14.9. The first-order chi connectivity index (χ1) is 11.9. The fourth-order valence-corrected chi connectivity index (χ4v) is 3.95. The first-order valence-electron chi connectivity index (χ1n) is 8.82. The van der Waals surface area contributed by atoms with Gasteiger partial charge in [-0.15, -0.1) is 0 Å². The first kappa shape index (κ1) is 17.5. The van der Waals surface area contributed by atoms with E-state index in [2.05, 4.69) is 0 Å². The summed E-state index contributed by atoms with van der Waals surface area (Å²) < 4.78 is 0. The van der Waals surface area contributed by atoms with Gasteiger partial charge in [0, 0.05) is 63.6 Å². The summed E-state index contributed by atoms with van der Waals surface area (Å²) >= 11 is 0. The Hall–Kier alpha value is -2.37. The number of hydrogen-bond donors (Lipinski definition) is 0. The molecule has 2 saturated heterocycles. The summed E-state index contributed by atoms with van der Waals surface area (Å²) in [6.07, 6.45) is 0.392. The van der Waals surface area contributed by atoms with E-state index in [9.17, 15) is 14.4 Å². The van der Waals surface area contributed by atoms with E-state index in [0.29, 0.717) is 51.3 Å². The predicted molar refractivity (Wildman–Crippen MR) is 93.9 cm³/mol. The van der Waals surface area contributed by atoms with Gasteiger partial charge in [-0.25, -0.2) is 0 Å². The fraction of sp³-hybridized carbons (Fsp3) is 0.526. The molecule has 1 atom stereocenters. The highest BCUT2D eigenvalue weighted by Gasteiger charge is 2.47. The average molecular weight is 343 g/mol. The van der Waals surface area contributed by atoms with Gasteiger partial charge in [-0.05, 0) is 19.1 Å². The van der Waals surface area contributed by atoms with Gasteiger partial charge < -0.3 is 14.7 Å². The molecule has 3 amide bonds. The van der Waals surface area contributed by atoms with Gasteiger partial charge in [0.05, 0.1) is 0 Å². The molecule has 2 heterocycles. The zero-order valence-electron chi connectivity index (χ0n) is 14.9. The largest absolute Gasteiger partial charge is 0.342 e. The molecule has 2 aliphatic heterocycles. The number of benzene rings is 1. The van der Waals surface area contributed by atoms with Gasteiger partial charge in [0.25, 0.3) is 5.91 Å². The van der Waals surface area contributed by atoms with Crippen LogP contribution in [0.1, 0.15) is 30.6 Å². The number of amides is 3. The molecule has 134 valence electrons. The van der Waals surface area contributed by atoms with Crippen LogP contribution in [-0.4, -0.2) is 71.7 Å². The highest BCUT2D eigenvalue weighted by atomic mass is 16.2. The van der Waals surface area contributed by atoms with E-state index in [1.807, 2.05) is 34.9 Å². The van der Waals surface area contributed by atoms with E-state index in [1.54, 1.807) is 24.0 Å². The molecule has 0 radical (unpaired) electrons. The van der Waals surface area contributed by atoms with Crippen LogP contribution in [0.3, 0.4) is 0 Å². The van der Waals surface area contributed by atoms with Gasteiger partial charge in [0.1, 0.15) is 0 Å². The van der Waals surface area contributed by atoms with Crippen LogP contribution in [0.25, 0.3) is 0 Å². The van der Waals surface area contributed by atoms with Crippen LogP contribution >= 0.6 is 0 Å². The second-order valence-corrected chi connectivity index (χ2v) is 7.12. The molecule has 1 aromatic rings. The van der Waals surface area contributed by atoms with E-state index in [1.165, 1.54) is 0 Å². The highest BCUT2D eigenvalue weighted by molar-refractivity contribution is 5.94. The lowest BCUT2D eigenvalue weighted by molar-refractivity contribution is -0.130. The minimum absolute atomic E-state index is 0.00391. The van der Waals surface area contributed by atoms with Crippen LogP contribution in [0.15, 0.2) is 30.3 Å². The molecular weight excluding hydrogens is 318 g/mol. The second-order valence-electron chi connectivity index (χ2n) is 7.12. The summed E-state index contributed by atoms with van der Waals surface area (Å²) in [5.41, 5.74) is 0.269. The van der Waals surface area contributed by atoms with Crippen LogP contribution in [0, 0.1) is 5.41 Å². The van der Waals surface area contributed by atoms with Crippen molar-refractivity contribution in [1.29, 1.82) is 0 Å². The van der Waals surface area contributed by atoms with Gasteiger partial charge in [-0.3, -0.25) is 14.4 Å². The van der Waals surface area contributed by atoms with Crippen molar-refractivity contribution >= 4 is 17.7 Å². The molecule has 0 bridgehead atoms. The van der Waals surface area contributed by atoms with Gasteiger partial charge in [-0.1, -0.05) is 18.2 Å². The minimum Gasteiger partial charge on any atom is -0.342 e. The lowest BCUT2D eigenvalue weighted by atomic mass is 9.85. The molecule has 0 saturated carbocycles. The molecule has 1 spiro atoms. The Kier molecular flexibility index (Phi) is 4.79. The zero-order chi connectivity index (χ0) is 18.0. The summed E-state index contributed by atoms with van der Waals surface area (Å²) in [4.78, 5) is 42.7. The van der Waals surface area contributed by atoms with E-state index < -0.39 is 0 Å². The lowest BCUT2D eigenvalue weighted by Gasteiger charge is -2.33. The predicted octanol–water partition coefficient (Wildman–Crippen LogP) is 1.23. The van der Waals surface area contributed by atoms with Crippen LogP contribution in [-0.2, 0) is 9.59 Å². The number of rotatable bonds is 2. The summed E-state index contributed by atoms with van der Waals surface area (Å²) in [6.45, 7) is 6.82. The Balaban J connectivity index is 1.88. The quantitative estimate of drug-likeness (QED) is 0.811. The SMILES string of the molecule is CCN1CC2(CC1=O)CN(C(C)=O)CCN(C(=O)c1ccccc1)C2. The smallest absolute Gasteiger partial charge is 0.253 e. The third kappa shape index (κ3) is 3.52. The molecule has 2 aliphatic rings. The number of carbonyl (C=O) groups is 3. The second kappa shape index (κ2) is 6.86. The third-order valence-corrected chi connectivity index (χ3v) is 5.23. The lowest BCUT2D eigenvalue weighted by Crippen LogP contribution is -2.45. The van der Waals surface area contributed by atoms with E-state index >= 15 is 0 Å². The molecule has 1 aromatic carbocycles. The number of nitrogens with zero attached hydrogens (tertiary/aromatic N) is 3. The fourth-order valence-electron chi connectivity index (χ4n) is 3.95. The van der Waals surface area contributed by atoms with Crippen LogP contribution in [0.4, 0.5) is 0 Å². The van der Waals surface area contributed by atoms with Crippen molar-refractivity contribution in [3.05, 3.63) is 35.9 Å². The molecule has 0 aliphatic carbocycles. The molecule has 3 rings (SSSR count). The van der Waals surface area contributed by atoms with Crippen molar-refractivity contribution in [3.8, 4) is 0 Å². The van der Waals surface area contributed by atoms with Crippen molar-refractivity contribution < 1.29 is 14.4 Å². The standard InChI is InChI=1S/C19H25N3O3/c1-3-20-12-19(11-17(20)24)13-21(15(2)23)9-10-22(14-19)18(25)16-7-5-4-6-8-16/h4-8H,3,9-14H2,1-2H3.